The summed E-state index contributed by atoms with van der Waals surface area (Å²) in [6.07, 6.45) is 18.9. The van der Waals surface area contributed by atoms with Crippen molar-refractivity contribution in [2.75, 3.05) is 65.5 Å². The first-order valence-corrected chi connectivity index (χ1v) is 25.9. The van der Waals surface area contributed by atoms with Gasteiger partial charge in [0.2, 0.25) is 0 Å². The maximum Gasteiger partial charge on any atom is 0.309 e. The third-order valence-corrected chi connectivity index (χ3v) is 14.0. The van der Waals surface area contributed by atoms with E-state index in [0.29, 0.717) is 42.7 Å². The maximum absolute atomic E-state index is 13.8. The van der Waals surface area contributed by atoms with E-state index < -0.39 is 0 Å². The Bertz CT molecular complexity index is 1050. The molecule has 0 radical (unpaired) electrons. The van der Waals surface area contributed by atoms with Crippen molar-refractivity contribution < 1.29 is 24.2 Å². The predicted molar refractivity (Wildman–Crippen MR) is 255 cm³/mol. The van der Waals surface area contributed by atoms with Crippen LogP contribution in [-0.4, -0.2) is 109 Å². The van der Waals surface area contributed by atoms with Gasteiger partial charge in [0.15, 0.2) is 0 Å². The standard InChI is InChI=1S/C52H103N3O5/c1-13-18-21-42(7)24-27-49(22-19-14-2)51(57)59-36-35-53(39-44(9)40-55-33-31-54(32-34-55)38-43(8)37-46(11)56)30-29-47(12)60-52(58)50(26-23-41(6)16-4)28-25-45(10)48(17-5)20-15-3/h41-50,56H,13-40H2,1-12H3. The minimum atomic E-state index is -0.241. The van der Waals surface area contributed by atoms with E-state index in [4.69, 9.17) is 9.47 Å². The molecule has 8 heteroatoms. The lowest BCUT2D eigenvalue weighted by atomic mass is 9.82. The largest absolute Gasteiger partial charge is 0.464 e. The Morgan fingerprint density at radius 3 is 1.72 bits per heavy atom. The molecule has 0 bridgehead atoms. The molecular formula is C52H103N3O5. The summed E-state index contributed by atoms with van der Waals surface area (Å²) in [5, 5.41) is 9.83. The highest BCUT2D eigenvalue weighted by Gasteiger charge is 2.27. The molecule has 0 aromatic heterocycles. The average molecular weight is 850 g/mol. The monoisotopic (exact) mass is 850 g/mol. The van der Waals surface area contributed by atoms with E-state index in [1.807, 2.05) is 6.92 Å². The van der Waals surface area contributed by atoms with Gasteiger partial charge >= 0.3 is 11.9 Å². The summed E-state index contributed by atoms with van der Waals surface area (Å²) >= 11 is 0. The Kier molecular flexibility index (Phi) is 32.4. The molecule has 1 saturated heterocycles. The zero-order valence-corrected chi connectivity index (χ0v) is 42.0. The number of unbranched alkanes of at least 4 members (excludes halogenated alkanes) is 2. The molecule has 1 fully saturated rings. The molecular weight excluding hydrogens is 747 g/mol. The summed E-state index contributed by atoms with van der Waals surface area (Å²) in [6.45, 7) is 36.1. The van der Waals surface area contributed by atoms with Gasteiger partial charge in [-0.05, 0) is 107 Å². The topological polar surface area (TPSA) is 82.5 Å². The van der Waals surface area contributed by atoms with Gasteiger partial charge in [0.05, 0.1) is 17.9 Å². The van der Waals surface area contributed by atoms with Gasteiger partial charge in [-0.2, -0.15) is 0 Å². The van der Waals surface area contributed by atoms with Gasteiger partial charge in [0.1, 0.15) is 12.7 Å². The normalized spacial score (nSPS) is 19.2. The van der Waals surface area contributed by atoms with E-state index >= 15 is 0 Å². The molecule has 1 aliphatic heterocycles. The molecule has 0 aromatic carbocycles. The van der Waals surface area contributed by atoms with Crippen molar-refractivity contribution in [3.8, 4) is 0 Å². The number of hydrogen-bond acceptors (Lipinski definition) is 8. The van der Waals surface area contributed by atoms with Crippen molar-refractivity contribution in [2.24, 2.45) is 47.3 Å². The third-order valence-electron chi connectivity index (χ3n) is 14.0. The predicted octanol–water partition coefficient (Wildman–Crippen LogP) is 11.9. The fraction of sp³-hybridized carbons (Fsp3) is 0.962. The molecule has 1 heterocycles. The highest BCUT2D eigenvalue weighted by atomic mass is 16.5. The molecule has 1 aliphatic rings. The van der Waals surface area contributed by atoms with Gasteiger partial charge in [-0.25, -0.2) is 0 Å². The van der Waals surface area contributed by atoms with Gasteiger partial charge in [-0.1, -0.05) is 127 Å². The smallest absolute Gasteiger partial charge is 0.309 e. The summed E-state index contributed by atoms with van der Waals surface area (Å²) in [5.41, 5.74) is 0. The van der Waals surface area contributed by atoms with Crippen LogP contribution in [0.1, 0.15) is 199 Å². The van der Waals surface area contributed by atoms with Crippen molar-refractivity contribution in [1.82, 2.24) is 14.7 Å². The van der Waals surface area contributed by atoms with Crippen LogP contribution < -0.4 is 0 Å². The first-order chi connectivity index (χ1) is 28.6. The van der Waals surface area contributed by atoms with Gasteiger partial charge in [0.25, 0.3) is 0 Å². The molecule has 8 nitrogen and oxygen atoms in total. The number of esters is 2. The third kappa shape index (κ3) is 26.4. The Labute approximate surface area is 373 Å². The number of piperazine rings is 1. The Hall–Kier alpha value is -1.22. The van der Waals surface area contributed by atoms with Crippen LogP contribution in [0.5, 0.6) is 0 Å². The van der Waals surface area contributed by atoms with Gasteiger partial charge in [-0.15, -0.1) is 0 Å². The van der Waals surface area contributed by atoms with Crippen LogP contribution in [0.4, 0.5) is 0 Å². The maximum atomic E-state index is 13.8. The molecule has 0 aromatic rings. The average Bonchev–Trinajstić information content (AvgIpc) is 3.20. The first kappa shape index (κ1) is 56.8. The van der Waals surface area contributed by atoms with E-state index in [1.54, 1.807) is 0 Å². The molecule has 60 heavy (non-hydrogen) atoms. The molecule has 0 amide bonds. The zero-order chi connectivity index (χ0) is 44.9. The SMILES string of the molecule is CCCCC(C)CCC(CCCC)C(=O)OCCN(CCC(C)OC(=O)C(CCC(C)CC)CCC(C)C(CC)CCC)CC(C)CN1CCN(CC(C)CC(C)O)CC1. The Balaban J connectivity index is 2.96. The van der Waals surface area contributed by atoms with Crippen molar-refractivity contribution in [3.05, 3.63) is 0 Å². The van der Waals surface area contributed by atoms with Crippen LogP contribution in [0.2, 0.25) is 0 Å². The highest BCUT2D eigenvalue weighted by molar-refractivity contribution is 5.72. The minimum Gasteiger partial charge on any atom is -0.464 e. The molecule has 10 atom stereocenters. The summed E-state index contributed by atoms with van der Waals surface area (Å²) in [6, 6.07) is 0. The second-order valence-corrected chi connectivity index (χ2v) is 20.4. The molecule has 10 unspecified atom stereocenters. The number of rotatable bonds is 37. The number of hydrogen-bond donors (Lipinski definition) is 1. The summed E-state index contributed by atoms with van der Waals surface area (Å²) in [7, 11) is 0. The number of carbonyl (C=O) groups excluding carboxylic acids is 2. The van der Waals surface area contributed by atoms with E-state index in [0.717, 1.165) is 135 Å². The fourth-order valence-electron chi connectivity index (χ4n) is 9.64. The van der Waals surface area contributed by atoms with Crippen molar-refractivity contribution in [1.29, 1.82) is 0 Å². The zero-order valence-electron chi connectivity index (χ0n) is 42.0. The van der Waals surface area contributed by atoms with E-state index in [9.17, 15) is 14.7 Å². The van der Waals surface area contributed by atoms with Gasteiger partial charge < -0.3 is 24.4 Å². The molecule has 0 aliphatic carbocycles. The molecule has 0 spiro atoms. The van der Waals surface area contributed by atoms with Crippen LogP contribution in [-0.2, 0) is 19.1 Å². The van der Waals surface area contributed by atoms with Crippen LogP contribution >= 0.6 is 0 Å². The molecule has 1 N–H and O–H groups in total. The lowest BCUT2D eigenvalue weighted by molar-refractivity contribution is -0.155. The van der Waals surface area contributed by atoms with Gasteiger partial charge in [-0.3, -0.25) is 14.5 Å². The lowest BCUT2D eigenvalue weighted by Gasteiger charge is -2.38. The minimum absolute atomic E-state index is 0.00284. The second-order valence-electron chi connectivity index (χ2n) is 20.4. The van der Waals surface area contributed by atoms with Crippen LogP contribution in [0.25, 0.3) is 0 Å². The molecule has 1 rings (SSSR count). The van der Waals surface area contributed by atoms with Crippen LogP contribution in [0.3, 0.4) is 0 Å². The lowest BCUT2D eigenvalue weighted by Crippen LogP contribution is -2.49. The number of carbonyl (C=O) groups is 2. The fourth-order valence-corrected chi connectivity index (χ4v) is 9.64. The van der Waals surface area contributed by atoms with Crippen molar-refractivity contribution in [3.63, 3.8) is 0 Å². The summed E-state index contributed by atoms with van der Waals surface area (Å²) < 4.78 is 12.4. The van der Waals surface area contributed by atoms with E-state index in [2.05, 4.69) is 90.9 Å². The van der Waals surface area contributed by atoms with E-state index in [1.165, 1.54) is 38.5 Å². The Morgan fingerprint density at radius 2 is 1.15 bits per heavy atom. The second kappa shape index (κ2) is 34.2. The number of nitrogens with zero attached hydrogens (tertiary/aromatic N) is 3. The molecule has 0 saturated carbocycles. The summed E-state index contributed by atoms with van der Waals surface area (Å²) in [5.74, 6) is 3.52. The number of aliphatic hydroxyl groups is 1. The highest BCUT2D eigenvalue weighted by Crippen LogP contribution is 2.30. The number of aliphatic hydroxyl groups excluding tert-OH is 1. The Morgan fingerprint density at radius 1 is 0.583 bits per heavy atom. The van der Waals surface area contributed by atoms with E-state index in [-0.39, 0.29) is 36.0 Å². The van der Waals surface area contributed by atoms with Crippen LogP contribution in [0, 0.1) is 47.3 Å². The first-order valence-electron chi connectivity index (χ1n) is 25.9. The van der Waals surface area contributed by atoms with Gasteiger partial charge in [0, 0.05) is 58.9 Å². The quantitative estimate of drug-likeness (QED) is 0.0619. The van der Waals surface area contributed by atoms with Crippen LogP contribution in [0.15, 0.2) is 0 Å². The van der Waals surface area contributed by atoms with Crippen molar-refractivity contribution >= 4 is 11.9 Å². The molecule has 356 valence electrons. The number of ether oxygens (including phenoxy) is 2. The summed E-state index contributed by atoms with van der Waals surface area (Å²) in [4.78, 5) is 35.0. The van der Waals surface area contributed by atoms with Crippen molar-refractivity contribution in [2.45, 2.75) is 211 Å².